The minimum absolute atomic E-state index is 0.0145. The van der Waals surface area contributed by atoms with Crippen molar-refractivity contribution in [3.8, 4) is 0 Å². The number of esters is 1. The summed E-state index contributed by atoms with van der Waals surface area (Å²) in [6.07, 6.45) is 4.89. The molecule has 29 heavy (non-hydrogen) atoms. The third kappa shape index (κ3) is 4.75. The van der Waals surface area contributed by atoms with Gasteiger partial charge in [0.05, 0.1) is 17.1 Å². The van der Waals surface area contributed by atoms with Crippen LogP contribution >= 0.6 is 0 Å². The van der Waals surface area contributed by atoms with Crippen LogP contribution in [0.1, 0.15) is 28.4 Å². The van der Waals surface area contributed by atoms with E-state index >= 15 is 0 Å². The van der Waals surface area contributed by atoms with Gasteiger partial charge in [-0.15, -0.1) is 0 Å². The number of hydrogen-bond acceptors (Lipinski definition) is 5. The second kappa shape index (κ2) is 8.79. The number of nitrogens with zero attached hydrogens (tertiary/aromatic N) is 1. The Hall–Kier alpha value is -3.32. The topological polar surface area (TPSA) is 73.3 Å². The molecule has 0 saturated heterocycles. The monoisotopic (exact) mass is 411 g/mol. The number of sulfone groups is 1. The second-order valence-corrected chi connectivity index (χ2v) is 7.90. The number of ether oxygens (including phenoxy) is 1. The van der Waals surface area contributed by atoms with Gasteiger partial charge in [0.1, 0.15) is 5.82 Å². The van der Waals surface area contributed by atoms with Crippen molar-refractivity contribution in [1.29, 1.82) is 0 Å². The van der Waals surface area contributed by atoms with Crippen LogP contribution in [0.15, 0.2) is 76.8 Å². The van der Waals surface area contributed by atoms with Gasteiger partial charge in [0.15, 0.2) is 5.03 Å². The molecule has 0 aliphatic carbocycles. The largest absolute Gasteiger partial charge is 0.462 e. The van der Waals surface area contributed by atoms with Gasteiger partial charge in [0, 0.05) is 6.20 Å². The fourth-order valence-electron chi connectivity index (χ4n) is 2.61. The van der Waals surface area contributed by atoms with Crippen molar-refractivity contribution in [3.63, 3.8) is 0 Å². The molecule has 5 nitrogen and oxygen atoms in total. The molecule has 3 rings (SSSR count). The van der Waals surface area contributed by atoms with Gasteiger partial charge < -0.3 is 4.74 Å². The number of hydrogen-bond donors (Lipinski definition) is 0. The van der Waals surface area contributed by atoms with E-state index in [1.165, 1.54) is 42.6 Å². The molecule has 0 aliphatic rings. The maximum absolute atomic E-state index is 13.0. The first-order valence-corrected chi connectivity index (χ1v) is 10.3. The lowest BCUT2D eigenvalue weighted by Crippen LogP contribution is -2.14. The number of benzene rings is 2. The molecule has 1 heterocycles. The van der Waals surface area contributed by atoms with E-state index in [1.807, 2.05) is 0 Å². The summed E-state index contributed by atoms with van der Waals surface area (Å²) in [5, 5.41) is -0.340. The lowest BCUT2D eigenvalue weighted by Gasteiger charge is -2.09. The Morgan fingerprint density at radius 1 is 1.00 bits per heavy atom. The molecule has 0 unspecified atom stereocenters. The number of carbonyl (C=O) groups excluding carboxylic acids is 1. The van der Waals surface area contributed by atoms with Gasteiger partial charge in [-0.3, -0.25) is 0 Å². The lowest BCUT2D eigenvalue weighted by molar-refractivity contribution is 0.0521. The molecule has 0 radical (unpaired) electrons. The predicted octanol–water partition coefficient (Wildman–Crippen LogP) is 4.40. The van der Waals surface area contributed by atoms with Gasteiger partial charge in [-0.2, -0.15) is 0 Å². The van der Waals surface area contributed by atoms with Crippen molar-refractivity contribution in [2.24, 2.45) is 0 Å². The maximum Gasteiger partial charge on any atom is 0.341 e. The van der Waals surface area contributed by atoms with Crippen LogP contribution in [0.2, 0.25) is 0 Å². The number of pyridine rings is 1. The average molecular weight is 411 g/mol. The zero-order chi connectivity index (χ0) is 20.9. The van der Waals surface area contributed by atoms with E-state index in [0.717, 1.165) is 11.1 Å². The number of rotatable bonds is 6. The maximum atomic E-state index is 13.0. The molecule has 0 amide bonds. The van der Waals surface area contributed by atoms with Gasteiger partial charge >= 0.3 is 5.97 Å². The van der Waals surface area contributed by atoms with E-state index in [0.29, 0.717) is 0 Å². The van der Waals surface area contributed by atoms with Gasteiger partial charge in [-0.1, -0.05) is 36.4 Å². The number of carbonyl (C=O) groups is 1. The van der Waals surface area contributed by atoms with Crippen molar-refractivity contribution in [1.82, 2.24) is 4.98 Å². The molecule has 0 aliphatic heterocycles. The first-order valence-electron chi connectivity index (χ1n) is 8.83. The lowest BCUT2D eigenvalue weighted by atomic mass is 10.1. The minimum atomic E-state index is -4.00. The van der Waals surface area contributed by atoms with E-state index in [2.05, 4.69) is 4.98 Å². The minimum Gasteiger partial charge on any atom is -0.462 e. The zero-order valence-corrected chi connectivity index (χ0v) is 16.4. The van der Waals surface area contributed by atoms with Crippen molar-refractivity contribution in [2.75, 3.05) is 6.61 Å². The van der Waals surface area contributed by atoms with Crippen molar-refractivity contribution < 1.29 is 22.3 Å². The fraction of sp³-hybridized carbons (Fsp3) is 0.0909. The Balaban J connectivity index is 1.87. The highest BCUT2D eigenvalue weighted by atomic mass is 32.2. The van der Waals surface area contributed by atoms with Crippen LogP contribution in [0.5, 0.6) is 0 Å². The standard InChI is InChI=1S/C22H18FNO4S/c1-2-28-22(25)20-4-3-15-24-21(20)29(26,27)19-13-9-17(10-14-19)6-5-16-7-11-18(23)12-8-16/h3-15H,2H2,1H3/b6-5+. The number of halogens is 1. The van der Waals surface area contributed by atoms with Gasteiger partial charge in [-0.25, -0.2) is 22.6 Å². The Bertz CT molecular complexity index is 1140. The van der Waals surface area contributed by atoms with Crippen molar-refractivity contribution in [3.05, 3.63) is 89.4 Å². The highest BCUT2D eigenvalue weighted by Gasteiger charge is 2.26. The molecular weight excluding hydrogens is 393 g/mol. The highest BCUT2D eigenvalue weighted by molar-refractivity contribution is 7.91. The van der Waals surface area contributed by atoms with Crippen molar-refractivity contribution >= 4 is 28.0 Å². The first-order chi connectivity index (χ1) is 13.9. The normalized spacial score (nSPS) is 11.5. The van der Waals surface area contributed by atoms with Crippen LogP contribution in [0, 0.1) is 5.82 Å². The van der Waals surface area contributed by atoms with Crippen LogP contribution < -0.4 is 0 Å². The molecule has 1 aromatic heterocycles. The predicted molar refractivity (Wildman–Crippen MR) is 107 cm³/mol. The van der Waals surface area contributed by atoms with Crippen LogP contribution in [-0.4, -0.2) is 26.0 Å². The number of aromatic nitrogens is 1. The summed E-state index contributed by atoms with van der Waals surface area (Å²) in [7, 11) is -4.00. The average Bonchev–Trinajstić information content (AvgIpc) is 2.74. The molecule has 0 fully saturated rings. The van der Waals surface area contributed by atoms with E-state index in [4.69, 9.17) is 4.74 Å². The first kappa shape index (κ1) is 20.4. The summed E-state index contributed by atoms with van der Waals surface area (Å²) in [6.45, 7) is 1.77. The SMILES string of the molecule is CCOC(=O)c1cccnc1S(=O)(=O)c1ccc(/C=C/c2ccc(F)cc2)cc1. The Morgan fingerprint density at radius 2 is 1.59 bits per heavy atom. The smallest absolute Gasteiger partial charge is 0.341 e. The van der Waals surface area contributed by atoms with E-state index in [9.17, 15) is 17.6 Å². The third-order valence-electron chi connectivity index (χ3n) is 4.05. The molecule has 0 spiro atoms. The Morgan fingerprint density at radius 3 is 2.17 bits per heavy atom. The molecule has 0 N–H and O–H groups in total. The van der Waals surface area contributed by atoms with Gasteiger partial charge in [0.2, 0.25) is 9.84 Å². The van der Waals surface area contributed by atoms with Crippen LogP contribution in [0.25, 0.3) is 12.2 Å². The molecular formula is C22H18FNO4S. The summed E-state index contributed by atoms with van der Waals surface area (Å²) in [5.41, 5.74) is 1.48. The molecule has 0 atom stereocenters. The fourth-order valence-corrected chi connectivity index (χ4v) is 3.96. The molecule has 7 heteroatoms. The molecule has 0 bridgehead atoms. The van der Waals surface area contributed by atoms with Crippen molar-refractivity contribution in [2.45, 2.75) is 16.8 Å². The Kier molecular flexibility index (Phi) is 6.19. The van der Waals surface area contributed by atoms with E-state index < -0.39 is 15.8 Å². The zero-order valence-electron chi connectivity index (χ0n) is 15.6. The van der Waals surface area contributed by atoms with Crippen LogP contribution in [0.3, 0.4) is 0 Å². The summed E-state index contributed by atoms with van der Waals surface area (Å²) in [6, 6.07) is 15.0. The summed E-state index contributed by atoms with van der Waals surface area (Å²) < 4.78 is 43.8. The van der Waals surface area contributed by atoms with Crippen LogP contribution in [-0.2, 0) is 14.6 Å². The summed E-state index contributed by atoms with van der Waals surface area (Å²) >= 11 is 0. The Labute approximate surface area is 168 Å². The quantitative estimate of drug-likeness (QED) is 0.444. The van der Waals surface area contributed by atoms with E-state index in [-0.39, 0.29) is 27.9 Å². The molecule has 0 saturated carbocycles. The third-order valence-corrected chi connectivity index (χ3v) is 5.78. The second-order valence-electron chi connectivity index (χ2n) is 6.03. The van der Waals surface area contributed by atoms with E-state index in [1.54, 1.807) is 43.3 Å². The summed E-state index contributed by atoms with van der Waals surface area (Å²) in [4.78, 5) is 16.0. The summed E-state index contributed by atoms with van der Waals surface area (Å²) in [5.74, 6) is -1.05. The van der Waals surface area contributed by atoms with Crippen LogP contribution in [0.4, 0.5) is 4.39 Å². The molecule has 3 aromatic rings. The van der Waals surface area contributed by atoms with Gasteiger partial charge in [0.25, 0.3) is 0 Å². The highest BCUT2D eigenvalue weighted by Crippen LogP contribution is 2.23. The molecule has 148 valence electrons. The molecule has 2 aromatic carbocycles. The van der Waals surface area contributed by atoms with Gasteiger partial charge in [-0.05, 0) is 54.4 Å².